The molecule has 1 aliphatic rings. The summed E-state index contributed by atoms with van der Waals surface area (Å²) in [5.74, 6) is 1.44. The second kappa shape index (κ2) is 16.3. The van der Waals surface area contributed by atoms with Crippen LogP contribution in [0.2, 0.25) is 0 Å². The van der Waals surface area contributed by atoms with E-state index in [1.165, 1.54) is 5.94 Å². The fourth-order valence-electron chi connectivity index (χ4n) is 0.914. The molecule has 0 saturated heterocycles. The van der Waals surface area contributed by atoms with Gasteiger partial charge in [0, 0.05) is 6.08 Å². The zero-order valence-corrected chi connectivity index (χ0v) is 13.2. The van der Waals surface area contributed by atoms with Gasteiger partial charge < -0.3 is 38.6 Å². The Hall–Kier alpha value is -1.07. The maximum Gasteiger partial charge on any atom is 3.00 e. The van der Waals surface area contributed by atoms with Gasteiger partial charge in [0.25, 0.3) is 0 Å². The molecular weight excluding hydrogens is 358 g/mol. The average molecular weight is 371 g/mol. The van der Waals surface area contributed by atoms with Crippen molar-refractivity contribution in [2.75, 3.05) is 13.2 Å². The van der Waals surface area contributed by atoms with Gasteiger partial charge in [0.05, 0.1) is 13.2 Å². The summed E-state index contributed by atoms with van der Waals surface area (Å²) in [4.78, 5) is 45.3. The first-order valence-corrected chi connectivity index (χ1v) is 6.41. The molecule has 0 atom stereocenters. The Morgan fingerprint density at radius 2 is 1.82 bits per heavy atom. The number of hydrogen-bond acceptors (Lipinski definition) is 8. The van der Waals surface area contributed by atoms with Crippen LogP contribution >= 0.6 is 8.60 Å². The van der Waals surface area contributed by atoms with Crippen LogP contribution in [0.25, 0.3) is 0 Å². The second-order valence-corrected chi connectivity index (χ2v) is 3.86. The van der Waals surface area contributed by atoms with Crippen molar-refractivity contribution in [2.45, 2.75) is 6.42 Å². The van der Waals surface area contributed by atoms with Gasteiger partial charge in [0.1, 0.15) is 11.4 Å². The van der Waals surface area contributed by atoms with Crippen LogP contribution in [0.5, 0.6) is 0 Å². The van der Waals surface area contributed by atoms with Crippen molar-refractivity contribution in [1.82, 2.24) is 0 Å². The summed E-state index contributed by atoms with van der Waals surface area (Å²) >= 11 is 0. The van der Waals surface area contributed by atoms with Crippen molar-refractivity contribution in [3.05, 3.63) is 36.1 Å². The predicted molar refractivity (Wildman–Crippen MR) is 67.2 cm³/mol. The molecule has 0 aromatic rings. The van der Waals surface area contributed by atoms with Gasteiger partial charge in [-0.2, -0.15) is 6.08 Å². The molecule has 0 fully saturated rings. The Bertz CT molecular complexity index is 420. The molecule has 0 spiro atoms. The van der Waals surface area contributed by atoms with Crippen molar-refractivity contribution in [1.29, 1.82) is 0 Å². The van der Waals surface area contributed by atoms with Crippen molar-refractivity contribution in [2.24, 2.45) is 5.41 Å². The van der Waals surface area contributed by atoms with Gasteiger partial charge in [-0.15, -0.1) is 6.42 Å². The van der Waals surface area contributed by atoms with Crippen LogP contribution < -0.4 is 14.7 Å². The minimum atomic E-state index is -3.37. The maximum atomic E-state index is 9.96. The minimum absolute atomic E-state index is 0. The number of rotatable bonds is 4. The van der Waals surface area contributed by atoms with Gasteiger partial charge in [0.15, 0.2) is 11.7 Å². The maximum absolute atomic E-state index is 9.96. The van der Waals surface area contributed by atoms with Crippen LogP contribution in [0.3, 0.4) is 0 Å². The average Bonchev–Trinajstić information content (AvgIpc) is 3.03. The van der Waals surface area contributed by atoms with E-state index in [1.807, 2.05) is 12.2 Å². The van der Waals surface area contributed by atoms with Crippen LogP contribution in [0, 0.1) is 11.5 Å². The summed E-state index contributed by atoms with van der Waals surface area (Å²) in [6.45, 7) is -1.53. The molecule has 3 N–H and O–H groups in total. The van der Waals surface area contributed by atoms with Crippen LogP contribution in [-0.4, -0.2) is 40.4 Å². The molecule has 1 rings (SSSR count). The Morgan fingerprint density at radius 3 is 2.00 bits per heavy atom. The van der Waals surface area contributed by atoms with E-state index in [0.717, 1.165) is 12.4 Å². The molecular formula is C12H13MnO8P-. The van der Waals surface area contributed by atoms with Gasteiger partial charge in [-0.05, 0) is 0 Å². The molecule has 0 unspecified atom stereocenters. The molecule has 0 aromatic heterocycles. The van der Waals surface area contributed by atoms with E-state index >= 15 is 0 Å². The van der Waals surface area contributed by atoms with Gasteiger partial charge in [-0.1, -0.05) is 0 Å². The van der Waals surface area contributed by atoms with Crippen LogP contribution in [0.4, 0.5) is 0 Å². The topological polar surface area (TPSA) is 164 Å². The second-order valence-electron chi connectivity index (χ2n) is 3.41. The van der Waals surface area contributed by atoms with E-state index in [9.17, 15) is 9.59 Å². The van der Waals surface area contributed by atoms with Gasteiger partial charge in [0.2, 0.25) is 0 Å². The molecule has 22 heavy (non-hydrogen) atoms. The Kier molecular flexibility index (Phi) is 19.2. The van der Waals surface area contributed by atoms with E-state index in [2.05, 4.69) is 12.2 Å². The third-order valence-corrected chi connectivity index (χ3v) is 2.05. The fraction of sp³-hybridized carbons (Fsp3) is 0.333. The van der Waals surface area contributed by atoms with Crippen molar-refractivity contribution in [3.8, 4) is 0 Å². The summed E-state index contributed by atoms with van der Waals surface area (Å²) in [6, 6.07) is 0. The monoisotopic (exact) mass is 371 g/mol. The van der Waals surface area contributed by atoms with Crippen molar-refractivity contribution in [3.63, 3.8) is 0 Å². The van der Waals surface area contributed by atoms with Gasteiger partial charge in [-0.3, -0.25) is 6.08 Å². The van der Waals surface area contributed by atoms with Crippen molar-refractivity contribution < 1.29 is 56.7 Å². The number of allylic oxidation sites excluding steroid dienone is 4. The molecule has 0 amide bonds. The van der Waals surface area contributed by atoms with Crippen LogP contribution in [0.1, 0.15) is 6.42 Å². The zero-order chi connectivity index (χ0) is 16.7. The third-order valence-electron chi connectivity index (χ3n) is 2.05. The first kappa shape index (κ1) is 25.9. The summed E-state index contributed by atoms with van der Waals surface area (Å²) < 4.78 is 0. The predicted octanol–water partition coefficient (Wildman–Crippen LogP) is -2.78. The van der Waals surface area contributed by atoms with Crippen molar-refractivity contribution >= 4 is 20.5 Å². The Labute approximate surface area is 138 Å². The first-order chi connectivity index (χ1) is 9.90. The molecule has 0 aliphatic heterocycles. The normalized spacial score (nSPS) is 11.0. The van der Waals surface area contributed by atoms with Crippen LogP contribution in [0.15, 0.2) is 30.1 Å². The molecule has 122 valence electrons. The van der Waals surface area contributed by atoms with E-state index in [1.54, 1.807) is 0 Å². The number of aliphatic hydroxyl groups excluding tert-OH is 3. The van der Waals surface area contributed by atoms with Crippen LogP contribution in [-0.2, 0) is 26.7 Å². The quantitative estimate of drug-likeness (QED) is 0.157. The number of carbonyl (C=O) groups excluding carboxylic acids is 2. The van der Waals surface area contributed by atoms with E-state index in [4.69, 9.17) is 30.0 Å². The molecule has 0 saturated carbocycles. The number of hydrogen-bond donors (Lipinski definition) is 3. The summed E-state index contributed by atoms with van der Waals surface area (Å²) in [6.07, 6.45) is 10.7. The summed E-state index contributed by atoms with van der Waals surface area (Å²) in [5, 5.41) is 26.2. The fourth-order valence-corrected chi connectivity index (χ4v) is 0.914. The van der Waals surface area contributed by atoms with E-state index in [0.29, 0.717) is 6.08 Å². The molecule has 1 aliphatic carbocycles. The summed E-state index contributed by atoms with van der Waals surface area (Å²) in [5.41, 5.74) is -1.75. The minimum Gasteiger partial charge on any atom is -0.854 e. The molecule has 0 aromatic carbocycles. The van der Waals surface area contributed by atoms with Gasteiger partial charge in [-0.25, -0.2) is 21.7 Å². The van der Waals surface area contributed by atoms with E-state index < -0.39 is 33.0 Å². The number of aliphatic hydroxyl groups is 3. The third kappa shape index (κ3) is 12.7. The smallest absolute Gasteiger partial charge is 0.854 e. The van der Waals surface area contributed by atoms with E-state index in [-0.39, 0.29) is 17.1 Å². The Balaban J connectivity index is -0.000000297. The summed E-state index contributed by atoms with van der Waals surface area (Å²) in [7, 11) is -3.37. The first-order valence-electron chi connectivity index (χ1n) is 5.31. The largest absolute Gasteiger partial charge is 3.00 e. The molecule has 8 nitrogen and oxygen atoms in total. The standard InChI is InChI=1S/C7H8O5.C5H5.Mn.O3P/c8-2-1-7(4-10,5-11)6(12)3-9;1-2-4-5-3-1;;1-4(2)3/h1,10-12H,4-5H2;1-3H,4H2;;/q;-1;+3;-3. The Morgan fingerprint density at radius 1 is 1.32 bits per heavy atom. The molecule has 10 heteroatoms. The zero-order valence-electron chi connectivity index (χ0n) is 11.1. The van der Waals surface area contributed by atoms with Gasteiger partial charge >= 0.3 is 17.1 Å². The molecule has 0 heterocycles. The SMILES string of the molecule is O=C=CC(CO)(CO)C(O)=C=O.[C-]1=CC=CC1.[Mn+3].[O-]P([O-])[O-]. The molecule has 0 bridgehead atoms. The molecule has 0 radical (unpaired) electrons.